The van der Waals surface area contributed by atoms with Gasteiger partial charge < -0.3 is 0 Å². The van der Waals surface area contributed by atoms with Crippen molar-refractivity contribution in [3.8, 4) is 0 Å². The molecule has 0 rings (SSSR count). The first-order valence-corrected chi connectivity index (χ1v) is 24.0. The van der Waals surface area contributed by atoms with Crippen LogP contribution in [0.15, 0.2) is 0 Å². The van der Waals surface area contributed by atoms with Crippen molar-refractivity contribution in [1.29, 1.82) is 0 Å². The SMILES string of the molecule is C[Si](C)(C)[N]([Zn][N]([Si](C)(C)C)[Si](C)(C)C)[Si](C)(C)C. The van der Waals surface area contributed by atoms with E-state index in [9.17, 15) is 0 Å². The summed E-state index contributed by atoms with van der Waals surface area (Å²) in [5.41, 5.74) is 0. The third-order valence-electron chi connectivity index (χ3n) is 3.52. The molecule has 0 fully saturated rings. The minimum absolute atomic E-state index is 0.788. The van der Waals surface area contributed by atoms with Gasteiger partial charge in [-0.3, -0.25) is 0 Å². The van der Waals surface area contributed by atoms with Gasteiger partial charge >= 0.3 is 135 Å². The molecule has 0 aromatic rings. The normalized spacial score (nSPS) is 15.1. The van der Waals surface area contributed by atoms with E-state index in [4.69, 9.17) is 0 Å². The van der Waals surface area contributed by atoms with E-state index in [1.165, 1.54) is 0 Å². The Kier molecular flexibility index (Phi) is 6.73. The Morgan fingerprint density at radius 2 is 0.579 bits per heavy atom. The second-order valence-corrected chi connectivity index (χ2v) is 38.7. The fraction of sp³-hybridized carbons (Fsp3) is 1.00. The summed E-state index contributed by atoms with van der Waals surface area (Å²) in [6.45, 7) is 30.7. The van der Waals surface area contributed by atoms with Crippen LogP contribution in [0.5, 0.6) is 0 Å². The van der Waals surface area contributed by atoms with Gasteiger partial charge in [0.25, 0.3) is 0 Å². The van der Waals surface area contributed by atoms with E-state index in [1.807, 2.05) is 0 Å². The van der Waals surface area contributed by atoms with Crippen molar-refractivity contribution in [2.45, 2.75) is 78.6 Å². The average molecular weight is 386 g/mol. The molecule has 0 amide bonds. The van der Waals surface area contributed by atoms with E-state index in [0.29, 0.717) is 0 Å². The number of nitrogens with zero attached hydrogens (tertiary/aromatic N) is 2. The maximum atomic E-state index is 3.13. The molecule has 0 aliphatic carbocycles. The summed E-state index contributed by atoms with van der Waals surface area (Å²) in [6, 6.07) is 0. The van der Waals surface area contributed by atoms with Crippen LogP contribution in [0.3, 0.4) is 0 Å². The second kappa shape index (κ2) is 6.26. The molecule has 0 N–H and O–H groups in total. The average Bonchev–Trinajstić information content (AvgIpc) is 1.91. The summed E-state index contributed by atoms with van der Waals surface area (Å²) in [6.07, 6.45) is 0. The van der Waals surface area contributed by atoms with Crippen molar-refractivity contribution in [3.05, 3.63) is 0 Å². The molecule has 0 saturated heterocycles. The third-order valence-corrected chi connectivity index (χ3v) is 46.1. The molecule has 7 heteroatoms. The topological polar surface area (TPSA) is 6.48 Å². The fourth-order valence-corrected chi connectivity index (χ4v) is 38.0. The van der Waals surface area contributed by atoms with E-state index in [1.54, 1.807) is 0 Å². The minimum atomic E-state index is -1.16. The van der Waals surface area contributed by atoms with E-state index in [2.05, 4.69) is 84.5 Å². The predicted octanol–water partition coefficient (Wildman–Crippen LogP) is 4.84. The van der Waals surface area contributed by atoms with Crippen molar-refractivity contribution in [2.75, 3.05) is 0 Å². The summed E-state index contributed by atoms with van der Waals surface area (Å²) >= 11 is -0.788. The summed E-state index contributed by atoms with van der Waals surface area (Å²) < 4.78 is 6.26. The van der Waals surface area contributed by atoms with Crippen molar-refractivity contribution < 1.29 is 17.6 Å². The number of hydrogen-bond acceptors (Lipinski definition) is 2. The van der Waals surface area contributed by atoms with Gasteiger partial charge in [-0.15, -0.1) is 0 Å². The number of rotatable bonds is 6. The Bertz CT molecular complexity index is 239. The zero-order chi connectivity index (χ0) is 15.9. The predicted molar refractivity (Wildman–Crippen MR) is 97.1 cm³/mol. The summed E-state index contributed by atoms with van der Waals surface area (Å²) in [4.78, 5) is 0. The Morgan fingerprint density at radius 1 is 0.421 bits per heavy atom. The van der Waals surface area contributed by atoms with Gasteiger partial charge in [0.15, 0.2) is 0 Å². The fourth-order valence-electron chi connectivity index (χ4n) is 3.00. The molecule has 112 valence electrons. The van der Waals surface area contributed by atoms with Crippen LogP contribution >= 0.6 is 0 Å². The van der Waals surface area contributed by atoms with E-state index in [0.717, 1.165) is 0 Å². The van der Waals surface area contributed by atoms with Gasteiger partial charge in [-0.2, -0.15) is 0 Å². The Balaban J connectivity index is 5.43. The first-order valence-electron chi connectivity index (χ1n) is 7.53. The first-order chi connectivity index (χ1) is 7.97. The molecule has 0 heterocycles. The van der Waals surface area contributed by atoms with Crippen LogP contribution in [-0.2, 0) is 17.6 Å². The summed E-state index contributed by atoms with van der Waals surface area (Å²) in [5.74, 6) is 0. The Labute approximate surface area is 134 Å². The molecule has 0 aromatic carbocycles. The quantitative estimate of drug-likeness (QED) is 0.603. The van der Waals surface area contributed by atoms with Crippen molar-refractivity contribution >= 4 is 32.9 Å². The number of hydrogen-bond donors (Lipinski definition) is 0. The van der Waals surface area contributed by atoms with E-state index >= 15 is 0 Å². The van der Waals surface area contributed by atoms with Crippen LogP contribution in [0.1, 0.15) is 0 Å². The Morgan fingerprint density at radius 3 is 0.684 bits per heavy atom. The monoisotopic (exact) mass is 384 g/mol. The molecular weight excluding hydrogens is 350 g/mol. The molecule has 0 bridgehead atoms. The van der Waals surface area contributed by atoms with Gasteiger partial charge in [-0.1, -0.05) is 0 Å². The van der Waals surface area contributed by atoms with Crippen LogP contribution in [0.2, 0.25) is 78.6 Å². The molecule has 0 aliphatic rings. The molecule has 0 radical (unpaired) electrons. The van der Waals surface area contributed by atoms with Gasteiger partial charge in [0, 0.05) is 0 Å². The van der Waals surface area contributed by atoms with Gasteiger partial charge in [0.2, 0.25) is 0 Å². The van der Waals surface area contributed by atoms with Crippen molar-refractivity contribution in [3.63, 3.8) is 0 Å². The maximum absolute atomic E-state index is 3.13. The van der Waals surface area contributed by atoms with Gasteiger partial charge in [-0.05, 0) is 0 Å². The standard InChI is InChI=1S/2C6H18NSi2.Zn/c2*1-8(2,3)7-9(4,5)6;/h2*1-6H3;/q2*-1;+2. The Hall–Kier alpha value is 1.41. The van der Waals surface area contributed by atoms with Crippen LogP contribution in [0, 0.1) is 0 Å². The molecule has 0 atom stereocenters. The molecular formula is C12H36N2Si4Zn. The molecule has 0 unspecified atom stereocenters. The third kappa shape index (κ3) is 6.80. The van der Waals surface area contributed by atoms with Crippen LogP contribution < -0.4 is 0 Å². The zero-order valence-corrected chi connectivity index (χ0v) is 22.6. The molecule has 19 heavy (non-hydrogen) atoms. The molecule has 0 aliphatic heterocycles. The second-order valence-electron chi connectivity index (χ2n) is 9.68. The molecule has 0 saturated carbocycles. The van der Waals surface area contributed by atoms with Crippen LogP contribution in [0.25, 0.3) is 0 Å². The summed E-state index contributed by atoms with van der Waals surface area (Å²) in [7, 11) is -4.65. The van der Waals surface area contributed by atoms with Gasteiger partial charge in [-0.25, -0.2) is 0 Å². The molecule has 0 aromatic heterocycles. The summed E-state index contributed by atoms with van der Waals surface area (Å²) in [5, 5.41) is 0. The van der Waals surface area contributed by atoms with E-state index in [-0.39, 0.29) is 0 Å². The van der Waals surface area contributed by atoms with Crippen LogP contribution in [-0.4, -0.2) is 38.9 Å². The first kappa shape index (κ1) is 20.4. The zero-order valence-electron chi connectivity index (χ0n) is 15.6. The van der Waals surface area contributed by atoms with Crippen molar-refractivity contribution in [2.24, 2.45) is 0 Å². The van der Waals surface area contributed by atoms with E-state index < -0.39 is 50.5 Å². The molecule has 0 spiro atoms. The van der Waals surface area contributed by atoms with Gasteiger partial charge in [0.05, 0.1) is 0 Å². The van der Waals surface area contributed by atoms with Crippen LogP contribution in [0.4, 0.5) is 0 Å². The molecule has 2 nitrogen and oxygen atoms in total. The van der Waals surface area contributed by atoms with Crippen molar-refractivity contribution in [1.82, 2.24) is 5.95 Å². The van der Waals surface area contributed by atoms with Gasteiger partial charge in [0.1, 0.15) is 0 Å².